The van der Waals surface area contributed by atoms with Crippen molar-refractivity contribution in [2.24, 2.45) is 0 Å². The minimum atomic E-state index is -0.544. The van der Waals surface area contributed by atoms with Gasteiger partial charge < -0.3 is 19.2 Å². The molecule has 0 atom stereocenters. The summed E-state index contributed by atoms with van der Waals surface area (Å²) in [5.74, 6) is 1.10. The van der Waals surface area contributed by atoms with Crippen LogP contribution in [0.1, 0.15) is 23.2 Å². The lowest BCUT2D eigenvalue weighted by Crippen LogP contribution is -2.10. The maximum Gasteiger partial charge on any atom is 0.291 e. The number of non-ortho nitro benzene ring substituents is 1. The van der Waals surface area contributed by atoms with Crippen molar-refractivity contribution in [2.45, 2.75) is 13.5 Å². The number of hydrogen-bond donors (Lipinski definition) is 1. The summed E-state index contributed by atoms with van der Waals surface area (Å²) in [5, 5.41) is 13.6. The fraction of sp³-hybridized carbons (Fsp3) is 0.150. The minimum Gasteiger partial charge on any atom is -0.494 e. The molecular weight excluding hydrogens is 400 g/mol. The second kappa shape index (κ2) is 9.11. The van der Waals surface area contributed by atoms with Gasteiger partial charge >= 0.3 is 0 Å². The molecule has 0 bridgehead atoms. The molecule has 0 aliphatic rings. The van der Waals surface area contributed by atoms with Crippen LogP contribution in [0.25, 0.3) is 0 Å². The fourth-order valence-corrected chi connectivity index (χ4v) is 2.67. The lowest BCUT2D eigenvalue weighted by Gasteiger charge is -2.07. The third-order valence-corrected chi connectivity index (χ3v) is 4.10. The molecule has 0 aliphatic heterocycles. The van der Waals surface area contributed by atoms with Crippen LogP contribution in [-0.2, 0) is 6.61 Å². The molecule has 8 nitrogen and oxygen atoms in total. The number of nitrogens with one attached hydrogen (secondary N) is 1. The zero-order valence-corrected chi connectivity index (χ0v) is 16.1. The summed E-state index contributed by atoms with van der Waals surface area (Å²) in [4.78, 5) is 22.5. The van der Waals surface area contributed by atoms with Gasteiger partial charge in [0.2, 0.25) is 0 Å². The van der Waals surface area contributed by atoms with Gasteiger partial charge in [-0.1, -0.05) is 11.6 Å². The van der Waals surface area contributed by atoms with Crippen molar-refractivity contribution in [2.75, 3.05) is 11.9 Å². The second-order valence-corrected chi connectivity index (χ2v) is 6.25. The minimum absolute atomic E-state index is 0.00780. The summed E-state index contributed by atoms with van der Waals surface area (Å²) < 4.78 is 16.4. The van der Waals surface area contributed by atoms with Gasteiger partial charge in [0.25, 0.3) is 11.6 Å². The Balaban J connectivity index is 1.58. The molecule has 0 saturated carbocycles. The average molecular weight is 417 g/mol. The molecule has 2 aromatic carbocycles. The molecule has 0 spiro atoms. The summed E-state index contributed by atoms with van der Waals surface area (Å²) in [6.07, 6.45) is 0. The van der Waals surface area contributed by atoms with Crippen LogP contribution in [0.2, 0.25) is 5.02 Å². The van der Waals surface area contributed by atoms with Crippen LogP contribution in [0, 0.1) is 10.1 Å². The Bertz CT molecular complexity index is 1020. The van der Waals surface area contributed by atoms with Gasteiger partial charge in [0.05, 0.1) is 16.6 Å². The fourth-order valence-electron chi connectivity index (χ4n) is 2.44. The van der Waals surface area contributed by atoms with Gasteiger partial charge in [-0.15, -0.1) is 0 Å². The normalized spacial score (nSPS) is 10.4. The zero-order valence-electron chi connectivity index (χ0n) is 15.4. The molecule has 150 valence electrons. The highest BCUT2D eigenvalue weighted by Gasteiger charge is 2.14. The van der Waals surface area contributed by atoms with E-state index >= 15 is 0 Å². The van der Waals surface area contributed by atoms with E-state index in [1.54, 1.807) is 30.3 Å². The monoisotopic (exact) mass is 416 g/mol. The Hall–Kier alpha value is -3.52. The largest absolute Gasteiger partial charge is 0.494 e. The van der Waals surface area contributed by atoms with Crippen LogP contribution in [0.4, 0.5) is 11.4 Å². The predicted octanol–water partition coefficient (Wildman–Crippen LogP) is 5.07. The quantitative estimate of drug-likeness (QED) is 0.406. The van der Waals surface area contributed by atoms with Gasteiger partial charge in [-0.3, -0.25) is 14.9 Å². The van der Waals surface area contributed by atoms with E-state index < -0.39 is 10.8 Å². The number of amides is 1. The molecule has 0 aliphatic carbocycles. The maximum atomic E-state index is 12.3. The van der Waals surface area contributed by atoms with E-state index in [0.29, 0.717) is 23.8 Å². The molecule has 0 radical (unpaired) electrons. The topological polar surface area (TPSA) is 104 Å². The summed E-state index contributed by atoms with van der Waals surface area (Å²) in [6, 6.07) is 14.0. The van der Waals surface area contributed by atoms with Crippen molar-refractivity contribution in [3.63, 3.8) is 0 Å². The Morgan fingerprint density at radius 2 is 1.90 bits per heavy atom. The van der Waals surface area contributed by atoms with Gasteiger partial charge in [0.1, 0.15) is 23.9 Å². The second-order valence-electron chi connectivity index (χ2n) is 5.84. The number of hydrogen-bond acceptors (Lipinski definition) is 6. The Morgan fingerprint density at radius 1 is 1.14 bits per heavy atom. The van der Waals surface area contributed by atoms with E-state index in [0.717, 1.165) is 0 Å². The molecule has 0 fully saturated rings. The van der Waals surface area contributed by atoms with Crippen molar-refractivity contribution in [3.05, 3.63) is 81.3 Å². The van der Waals surface area contributed by atoms with E-state index in [1.807, 2.05) is 6.92 Å². The smallest absolute Gasteiger partial charge is 0.291 e. The first kappa shape index (κ1) is 20.2. The van der Waals surface area contributed by atoms with E-state index in [9.17, 15) is 14.9 Å². The molecule has 1 N–H and O–H groups in total. The molecule has 1 amide bonds. The maximum absolute atomic E-state index is 12.3. The van der Waals surface area contributed by atoms with Crippen molar-refractivity contribution < 1.29 is 23.6 Å². The van der Waals surface area contributed by atoms with Crippen LogP contribution in [0.15, 0.2) is 59.0 Å². The first-order valence-electron chi connectivity index (χ1n) is 8.66. The lowest BCUT2D eigenvalue weighted by atomic mass is 10.3. The summed E-state index contributed by atoms with van der Waals surface area (Å²) >= 11 is 5.98. The van der Waals surface area contributed by atoms with E-state index in [2.05, 4.69) is 5.32 Å². The van der Waals surface area contributed by atoms with Gasteiger partial charge in [-0.2, -0.15) is 0 Å². The predicted molar refractivity (Wildman–Crippen MR) is 107 cm³/mol. The first-order chi connectivity index (χ1) is 14.0. The highest BCUT2D eigenvalue weighted by atomic mass is 35.5. The third-order valence-electron chi connectivity index (χ3n) is 3.80. The standard InChI is InChI=1S/C20H17ClN2O6/c1-2-27-15-6-3-13(4-7-15)22-20(24)19-10-8-16(29-19)12-28-18-9-5-14(23(25)26)11-17(18)21/h3-11H,2,12H2,1H3,(H,22,24). The third kappa shape index (κ3) is 5.26. The van der Waals surface area contributed by atoms with Crippen molar-refractivity contribution >= 4 is 28.9 Å². The van der Waals surface area contributed by atoms with Crippen LogP contribution in [-0.4, -0.2) is 17.4 Å². The molecule has 9 heteroatoms. The molecule has 3 aromatic rings. The molecule has 0 saturated heterocycles. The average Bonchev–Trinajstić information content (AvgIpc) is 3.18. The number of nitro groups is 1. The van der Waals surface area contributed by atoms with Gasteiger partial charge in [-0.25, -0.2) is 0 Å². The summed E-state index contributed by atoms with van der Waals surface area (Å²) in [6.45, 7) is 2.46. The number of anilines is 1. The number of furan rings is 1. The van der Waals surface area contributed by atoms with E-state index in [4.69, 9.17) is 25.5 Å². The van der Waals surface area contributed by atoms with Crippen molar-refractivity contribution in [3.8, 4) is 11.5 Å². The number of halogens is 1. The number of nitro benzene ring substituents is 1. The highest BCUT2D eigenvalue weighted by molar-refractivity contribution is 6.32. The Morgan fingerprint density at radius 3 is 2.55 bits per heavy atom. The Labute approximate surface area is 171 Å². The molecule has 3 rings (SSSR count). The lowest BCUT2D eigenvalue weighted by molar-refractivity contribution is -0.384. The van der Waals surface area contributed by atoms with E-state index in [-0.39, 0.29) is 28.8 Å². The molecule has 1 aromatic heterocycles. The van der Waals surface area contributed by atoms with E-state index in [1.165, 1.54) is 24.3 Å². The van der Waals surface area contributed by atoms with Crippen molar-refractivity contribution in [1.29, 1.82) is 0 Å². The first-order valence-corrected chi connectivity index (χ1v) is 9.03. The summed E-state index contributed by atoms with van der Waals surface area (Å²) in [7, 11) is 0. The number of nitrogens with zero attached hydrogens (tertiary/aromatic N) is 1. The summed E-state index contributed by atoms with van der Waals surface area (Å²) in [5.41, 5.74) is 0.471. The van der Waals surface area contributed by atoms with Crippen LogP contribution < -0.4 is 14.8 Å². The van der Waals surface area contributed by atoms with Gasteiger partial charge in [0.15, 0.2) is 5.76 Å². The molecule has 29 heavy (non-hydrogen) atoms. The Kier molecular flexibility index (Phi) is 6.36. The number of carbonyl (C=O) groups is 1. The van der Waals surface area contributed by atoms with Crippen LogP contribution >= 0.6 is 11.6 Å². The van der Waals surface area contributed by atoms with Gasteiger partial charge in [-0.05, 0) is 49.4 Å². The number of ether oxygens (including phenoxy) is 2. The molecular formula is C20H17ClN2O6. The van der Waals surface area contributed by atoms with Crippen molar-refractivity contribution in [1.82, 2.24) is 0 Å². The van der Waals surface area contributed by atoms with Crippen LogP contribution in [0.3, 0.4) is 0 Å². The number of carbonyl (C=O) groups excluding carboxylic acids is 1. The SMILES string of the molecule is CCOc1ccc(NC(=O)c2ccc(COc3ccc([N+](=O)[O-])cc3Cl)o2)cc1. The van der Waals surface area contributed by atoms with Gasteiger partial charge in [0, 0.05) is 17.8 Å². The molecule has 0 unspecified atom stereocenters. The zero-order chi connectivity index (χ0) is 20.8. The number of benzene rings is 2. The number of rotatable bonds is 8. The highest BCUT2D eigenvalue weighted by Crippen LogP contribution is 2.29. The van der Waals surface area contributed by atoms with Crippen LogP contribution in [0.5, 0.6) is 11.5 Å². The molecule has 1 heterocycles.